The van der Waals surface area contributed by atoms with Crippen LogP contribution in [-0.4, -0.2) is 58.6 Å². The fourth-order valence-corrected chi connectivity index (χ4v) is 2.03. The summed E-state index contributed by atoms with van der Waals surface area (Å²) in [6, 6.07) is 0. The molecule has 0 radical (unpaired) electrons. The maximum absolute atomic E-state index is 11.6. The highest BCUT2D eigenvalue weighted by atomic mass is 16.6. The SMILES string of the molecule is CC(C)(C)OC(=O)N=C(N=CCCCCCCCNC(=O)CC(=O)O)NC(=O)O. The van der Waals surface area contributed by atoms with Crippen molar-refractivity contribution < 1.29 is 34.1 Å². The van der Waals surface area contributed by atoms with Crippen LogP contribution in [0.3, 0.4) is 0 Å². The van der Waals surface area contributed by atoms with Crippen LogP contribution in [-0.2, 0) is 14.3 Å². The number of amides is 3. The van der Waals surface area contributed by atoms with Gasteiger partial charge in [0.25, 0.3) is 0 Å². The van der Waals surface area contributed by atoms with Gasteiger partial charge in [-0.25, -0.2) is 14.6 Å². The van der Waals surface area contributed by atoms with Crippen molar-refractivity contribution in [3.63, 3.8) is 0 Å². The van der Waals surface area contributed by atoms with Gasteiger partial charge in [0, 0.05) is 12.8 Å². The molecular formula is C18H30N4O7. The van der Waals surface area contributed by atoms with E-state index in [1.807, 2.05) is 5.32 Å². The van der Waals surface area contributed by atoms with Crippen LogP contribution in [0.15, 0.2) is 9.98 Å². The monoisotopic (exact) mass is 414 g/mol. The molecule has 11 heteroatoms. The van der Waals surface area contributed by atoms with Crippen molar-refractivity contribution in [2.75, 3.05) is 6.54 Å². The lowest BCUT2D eigenvalue weighted by atomic mass is 10.1. The lowest BCUT2D eigenvalue weighted by Crippen LogP contribution is -2.30. The highest BCUT2D eigenvalue weighted by Crippen LogP contribution is 2.08. The molecule has 0 spiro atoms. The second kappa shape index (κ2) is 14.1. The molecule has 0 saturated carbocycles. The van der Waals surface area contributed by atoms with E-state index >= 15 is 0 Å². The van der Waals surface area contributed by atoms with Gasteiger partial charge in [0.15, 0.2) is 0 Å². The number of carboxylic acid groups (broad SMARTS) is 2. The van der Waals surface area contributed by atoms with Gasteiger partial charge < -0.3 is 20.3 Å². The fraction of sp³-hybridized carbons (Fsp3) is 0.667. The Morgan fingerprint density at radius 1 is 1.00 bits per heavy atom. The summed E-state index contributed by atoms with van der Waals surface area (Å²) in [4.78, 5) is 51.2. The molecule has 0 aliphatic carbocycles. The smallest absolute Gasteiger partial charge is 0.437 e. The molecule has 11 nitrogen and oxygen atoms in total. The summed E-state index contributed by atoms with van der Waals surface area (Å²) in [5.41, 5.74) is -0.752. The fourth-order valence-electron chi connectivity index (χ4n) is 2.03. The van der Waals surface area contributed by atoms with Crippen LogP contribution >= 0.6 is 0 Å². The zero-order valence-electron chi connectivity index (χ0n) is 17.1. The summed E-state index contributed by atoms with van der Waals surface area (Å²) in [5.74, 6) is -2.00. The second-order valence-corrected chi connectivity index (χ2v) is 7.13. The molecule has 0 aromatic rings. The number of carboxylic acids is 1. The van der Waals surface area contributed by atoms with Gasteiger partial charge in [-0.15, -0.1) is 4.99 Å². The van der Waals surface area contributed by atoms with Gasteiger partial charge in [0.1, 0.15) is 12.0 Å². The Labute approximate surface area is 169 Å². The van der Waals surface area contributed by atoms with Crippen molar-refractivity contribution in [3.05, 3.63) is 0 Å². The maximum atomic E-state index is 11.6. The second-order valence-electron chi connectivity index (χ2n) is 7.13. The van der Waals surface area contributed by atoms with E-state index in [0.717, 1.165) is 32.1 Å². The number of guanidine groups is 1. The maximum Gasteiger partial charge on any atom is 0.437 e. The first-order valence-electron chi connectivity index (χ1n) is 9.32. The lowest BCUT2D eigenvalue weighted by Gasteiger charge is -2.17. The van der Waals surface area contributed by atoms with Crippen LogP contribution in [0, 0.1) is 0 Å². The first-order chi connectivity index (χ1) is 13.5. The molecule has 0 heterocycles. The Morgan fingerprint density at radius 3 is 2.21 bits per heavy atom. The Balaban J connectivity index is 4.08. The number of hydrogen-bond acceptors (Lipinski definition) is 5. The standard InChI is InChI=1S/C18H30N4O7/c1-18(2,3)29-17(28)22-15(21-16(26)27)20-11-9-7-5-4-6-8-10-19-13(23)12-14(24)25/h11H,4-10,12H2,1-3H3,(H,19,23)(H,24,25)(H,26,27)(H,21,22,28). The number of carbonyl (C=O) groups is 4. The van der Waals surface area contributed by atoms with Gasteiger partial charge in [0.2, 0.25) is 11.9 Å². The van der Waals surface area contributed by atoms with Gasteiger partial charge in [-0.1, -0.05) is 19.3 Å². The van der Waals surface area contributed by atoms with E-state index in [2.05, 4.69) is 15.3 Å². The van der Waals surface area contributed by atoms with Gasteiger partial charge in [0.05, 0.1) is 0 Å². The van der Waals surface area contributed by atoms with E-state index in [4.69, 9.17) is 14.9 Å². The molecule has 29 heavy (non-hydrogen) atoms. The average molecular weight is 414 g/mol. The third-order valence-corrected chi connectivity index (χ3v) is 3.17. The molecule has 3 amide bonds. The molecule has 0 saturated heterocycles. The summed E-state index contributed by atoms with van der Waals surface area (Å²) in [6.07, 6.45) is 3.49. The van der Waals surface area contributed by atoms with Crippen LogP contribution in [0.1, 0.15) is 65.7 Å². The molecule has 0 rings (SSSR count). The van der Waals surface area contributed by atoms with Crippen LogP contribution in [0.25, 0.3) is 0 Å². The minimum atomic E-state index is -1.39. The minimum Gasteiger partial charge on any atom is -0.481 e. The van der Waals surface area contributed by atoms with Crippen LogP contribution in [0.4, 0.5) is 9.59 Å². The Morgan fingerprint density at radius 2 is 1.62 bits per heavy atom. The number of aliphatic carboxylic acids is 1. The lowest BCUT2D eigenvalue weighted by molar-refractivity contribution is -0.140. The average Bonchev–Trinajstić information content (AvgIpc) is 2.53. The molecule has 0 aliphatic heterocycles. The Kier molecular flexibility index (Phi) is 12.6. The Hall–Kier alpha value is -2.98. The number of hydrogen-bond donors (Lipinski definition) is 4. The van der Waals surface area contributed by atoms with Gasteiger partial charge in [-0.3, -0.25) is 14.9 Å². The molecular weight excluding hydrogens is 384 g/mol. The Bertz CT molecular complexity index is 624. The molecule has 0 atom stereocenters. The highest BCUT2D eigenvalue weighted by Gasteiger charge is 2.16. The largest absolute Gasteiger partial charge is 0.481 e. The van der Waals surface area contributed by atoms with Crippen molar-refractivity contribution in [1.82, 2.24) is 10.6 Å². The normalized spacial score (nSPS) is 11.9. The summed E-state index contributed by atoms with van der Waals surface area (Å²) >= 11 is 0. The van der Waals surface area contributed by atoms with E-state index < -0.39 is 36.1 Å². The molecule has 0 unspecified atom stereocenters. The van der Waals surface area contributed by atoms with E-state index in [1.54, 1.807) is 20.8 Å². The molecule has 0 fully saturated rings. The third-order valence-electron chi connectivity index (χ3n) is 3.17. The molecule has 0 bridgehead atoms. The van der Waals surface area contributed by atoms with E-state index in [0.29, 0.717) is 13.0 Å². The summed E-state index contributed by atoms with van der Waals surface area (Å²) in [7, 11) is 0. The number of ether oxygens (including phenoxy) is 1. The molecule has 164 valence electrons. The quantitative estimate of drug-likeness (QED) is 0.184. The number of unbranched alkanes of at least 4 members (excludes halogenated alkanes) is 5. The molecule has 0 aromatic heterocycles. The zero-order valence-corrected chi connectivity index (χ0v) is 17.1. The van der Waals surface area contributed by atoms with E-state index in [9.17, 15) is 19.2 Å². The molecule has 0 aliphatic rings. The van der Waals surface area contributed by atoms with Gasteiger partial charge >= 0.3 is 18.2 Å². The highest BCUT2D eigenvalue weighted by molar-refractivity contribution is 6.01. The van der Waals surface area contributed by atoms with Crippen molar-refractivity contribution in [2.24, 2.45) is 9.98 Å². The van der Waals surface area contributed by atoms with Crippen molar-refractivity contribution >= 4 is 36.2 Å². The van der Waals surface area contributed by atoms with Gasteiger partial charge in [-0.05, 0) is 40.0 Å². The molecule has 4 N–H and O–H groups in total. The number of aliphatic imine (C=N–C) groups is 2. The first-order valence-corrected chi connectivity index (χ1v) is 9.32. The number of carbonyl (C=O) groups excluding carboxylic acids is 2. The van der Waals surface area contributed by atoms with E-state index in [1.165, 1.54) is 6.21 Å². The van der Waals surface area contributed by atoms with E-state index in [-0.39, 0.29) is 5.96 Å². The number of rotatable bonds is 10. The summed E-state index contributed by atoms with van der Waals surface area (Å²) in [5, 5.41) is 21.7. The van der Waals surface area contributed by atoms with Crippen LogP contribution < -0.4 is 10.6 Å². The van der Waals surface area contributed by atoms with Crippen molar-refractivity contribution in [3.8, 4) is 0 Å². The van der Waals surface area contributed by atoms with Gasteiger partial charge in [-0.2, -0.15) is 0 Å². The zero-order chi connectivity index (χ0) is 22.3. The summed E-state index contributed by atoms with van der Waals surface area (Å²) < 4.78 is 4.99. The predicted molar refractivity (Wildman–Crippen MR) is 106 cm³/mol. The first kappa shape index (κ1) is 26.0. The molecule has 0 aromatic carbocycles. The predicted octanol–water partition coefficient (Wildman–Crippen LogP) is 2.55. The topological polar surface area (TPSA) is 167 Å². The summed E-state index contributed by atoms with van der Waals surface area (Å²) in [6.45, 7) is 5.44. The third kappa shape index (κ3) is 18.2. The minimum absolute atomic E-state index is 0.358. The van der Waals surface area contributed by atoms with Crippen molar-refractivity contribution in [2.45, 2.75) is 71.3 Å². The van der Waals surface area contributed by atoms with Crippen LogP contribution in [0.5, 0.6) is 0 Å². The van der Waals surface area contributed by atoms with Crippen LogP contribution in [0.2, 0.25) is 0 Å². The van der Waals surface area contributed by atoms with Crippen molar-refractivity contribution in [1.29, 1.82) is 0 Å². The number of nitrogens with one attached hydrogen (secondary N) is 2. The number of nitrogens with zero attached hydrogens (tertiary/aromatic N) is 2.